The average molecular weight is 457 g/mol. The second kappa shape index (κ2) is 7.93. The Kier molecular flexibility index (Phi) is 5.27. The van der Waals surface area contributed by atoms with Crippen LogP contribution < -0.4 is 9.64 Å². The van der Waals surface area contributed by atoms with Gasteiger partial charge in [0, 0.05) is 59.4 Å². The van der Waals surface area contributed by atoms with Crippen LogP contribution in [-0.2, 0) is 9.59 Å². The first-order valence-electron chi connectivity index (χ1n) is 12.0. The Morgan fingerprint density at radius 3 is 1.88 bits per heavy atom. The lowest BCUT2D eigenvalue weighted by Gasteiger charge is -2.49. The summed E-state index contributed by atoms with van der Waals surface area (Å²) >= 11 is 0. The number of allylic oxidation sites excluding steroid dienone is 4. The Bertz CT molecular complexity index is 1170. The number of nitrogens with zero attached hydrogens (tertiary/aromatic N) is 2. The zero-order valence-corrected chi connectivity index (χ0v) is 20.6. The maximum absolute atomic E-state index is 13.8. The molecule has 0 bridgehead atoms. The normalized spacial score (nSPS) is 22.0. The fourth-order valence-electron chi connectivity index (χ4n) is 5.89. The largest absolute Gasteiger partial charge is 0.497 e. The number of hydrogen-bond acceptors (Lipinski definition) is 5. The smallest absolute Gasteiger partial charge is 0.162 e. The van der Waals surface area contributed by atoms with E-state index in [-0.39, 0.29) is 28.3 Å². The molecule has 2 heterocycles. The highest BCUT2D eigenvalue weighted by Gasteiger charge is 2.49. The van der Waals surface area contributed by atoms with Crippen LogP contribution in [0.4, 0.5) is 5.69 Å². The second-order valence-electron chi connectivity index (χ2n) is 11.4. The minimum Gasteiger partial charge on any atom is -0.497 e. The molecule has 0 spiro atoms. The van der Waals surface area contributed by atoms with E-state index in [0.717, 1.165) is 52.4 Å². The monoisotopic (exact) mass is 456 g/mol. The molecule has 2 aromatic rings. The minimum atomic E-state index is -0.361. The first kappa shape index (κ1) is 22.6. The molecule has 176 valence electrons. The van der Waals surface area contributed by atoms with Gasteiger partial charge < -0.3 is 9.64 Å². The summed E-state index contributed by atoms with van der Waals surface area (Å²) in [6.45, 7) is 8.61. The van der Waals surface area contributed by atoms with Gasteiger partial charge in [0.25, 0.3) is 0 Å². The number of carbonyl (C=O) groups excluding carboxylic acids is 2. The molecule has 5 heteroatoms. The van der Waals surface area contributed by atoms with Crippen molar-refractivity contribution >= 4 is 17.3 Å². The van der Waals surface area contributed by atoms with Crippen LogP contribution >= 0.6 is 0 Å². The van der Waals surface area contributed by atoms with E-state index in [4.69, 9.17) is 4.74 Å². The van der Waals surface area contributed by atoms with Gasteiger partial charge in [-0.2, -0.15) is 0 Å². The van der Waals surface area contributed by atoms with Crippen LogP contribution in [0.2, 0.25) is 0 Å². The molecule has 0 fully saturated rings. The Morgan fingerprint density at radius 1 is 0.853 bits per heavy atom. The van der Waals surface area contributed by atoms with Gasteiger partial charge in [-0.25, -0.2) is 0 Å². The van der Waals surface area contributed by atoms with Gasteiger partial charge in [0.15, 0.2) is 11.6 Å². The number of pyridine rings is 1. The third-order valence-corrected chi connectivity index (χ3v) is 7.26. The van der Waals surface area contributed by atoms with Gasteiger partial charge in [-0.1, -0.05) is 33.8 Å². The summed E-state index contributed by atoms with van der Waals surface area (Å²) in [5.41, 5.74) is 5.11. The van der Waals surface area contributed by atoms with Gasteiger partial charge in [-0.3, -0.25) is 14.6 Å². The number of ketones is 2. The van der Waals surface area contributed by atoms with E-state index in [1.165, 1.54) is 0 Å². The maximum atomic E-state index is 13.8. The van der Waals surface area contributed by atoms with Crippen LogP contribution in [0, 0.1) is 10.8 Å². The van der Waals surface area contributed by atoms with E-state index in [9.17, 15) is 9.59 Å². The van der Waals surface area contributed by atoms with Crippen LogP contribution in [0.5, 0.6) is 5.75 Å². The van der Waals surface area contributed by atoms with Crippen molar-refractivity contribution in [2.45, 2.75) is 59.3 Å². The van der Waals surface area contributed by atoms with Crippen molar-refractivity contribution in [3.8, 4) is 5.75 Å². The van der Waals surface area contributed by atoms with Gasteiger partial charge in [-0.05, 0) is 59.6 Å². The molecule has 34 heavy (non-hydrogen) atoms. The summed E-state index contributed by atoms with van der Waals surface area (Å²) in [5.74, 6) is 0.670. The summed E-state index contributed by atoms with van der Waals surface area (Å²) in [6.07, 6.45) is 6.02. The number of Topliss-reactive ketones (excluding diaryl/α,β-unsaturated/α-hetero) is 2. The fraction of sp³-hybridized carbons (Fsp3) is 0.414. The third-order valence-electron chi connectivity index (χ3n) is 7.26. The van der Waals surface area contributed by atoms with Crippen molar-refractivity contribution in [3.63, 3.8) is 0 Å². The van der Waals surface area contributed by atoms with Crippen LogP contribution in [0.25, 0.3) is 0 Å². The van der Waals surface area contributed by atoms with Crippen LogP contribution in [0.15, 0.2) is 71.3 Å². The van der Waals surface area contributed by atoms with Gasteiger partial charge >= 0.3 is 0 Å². The molecular formula is C29H32N2O3. The zero-order valence-electron chi connectivity index (χ0n) is 20.6. The summed E-state index contributed by atoms with van der Waals surface area (Å²) in [4.78, 5) is 34.1. The number of carbonyl (C=O) groups is 2. The molecule has 0 N–H and O–H groups in total. The minimum absolute atomic E-state index is 0.128. The summed E-state index contributed by atoms with van der Waals surface area (Å²) < 4.78 is 5.39. The first-order valence-corrected chi connectivity index (χ1v) is 12.0. The molecular weight excluding hydrogens is 424 g/mol. The molecule has 0 saturated heterocycles. The van der Waals surface area contributed by atoms with Crippen molar-refractivity contribution in [1.29, 1.82) is 0 Å². The van der Waals surface area contributed by atoms with Crippen molar-refractivity contribution in [2.24, 2.45) is 10.8 Å². The summed E-state index contributed by atoms with van der Waals surface area (Å²) in [6, 6.07) is 11.8. The molecule has 1 aromatic heterocycles. The fourth-order valence-corrected chi connectivity index (χ4v) is 5.89. The molecule has 1 aromatic carbocycles. The molecule has 0 atom stereocenters. The van der Waals surface area contributed by atoms with Crippen molar-refractivity contribution in [2.75, 3.05) is 12.0 Å². The number of methoxy groups -OCH3 is 1. The molecule has 1 aliphatic heterocycles. The lowest BCUT2D eigenvalue weighted by Crippen LogP contribution is -2.44. The highest BCUT2D eigenvalue weighted by Crippen LogP contribution is 2.55. The lowest BCUT2D eigenvalue weighted by atomic mass is 9.63. The first-order chi connectivity index (χ1) is 16.1. The van der Waals surface area contributed by atoms with E-state index in [0.29, 0.717) is 12.8 Å². The average Bonchev–Trinajstić information content (AvgIpc) is 2.77. The number of hydrogen-bond donors (Lipinski definition) is 0. The van der Waals surface area contributed by atoms with Gasteiger partial charge in [0.2, 0.25) is 0 Å². The predicted octanol–water partition coefficient (Wildman–Crippen LogP) is 5.98. The topological polar surface area (TPSA) is 59.5 Å². The molecule has 2 aliphatic carbocycles. The Labute approximate surface area is 201 Å². The Balaban J connectivity index is 1.81. The number of aromatic nitrogens is 1. The van der Waals surface area contributed by atoms with Crippen molar-refractivity contribution in [1.82, 2.24) is 4.98 Å². The van der Waals surface area contributed by atoms with E-state index < -0.39 is 0 Å². The highest BCUT2D eigenvalue weighted by molar-refractivity contribution is 6.08. The number of benzene rings is 1. The molecule has 0 radical (unpaired) electrons. The number of anilines is 1. The van der Waals surface area contributed by atoms with Crippen LogP contribution in [0.1, 0.15) is 64.9 Å². The molecule has 0 amide bonds. The SMILES string of the molecule is COc1ccc(N2C3=C(C(=O)CC(C)(C)C3)C(c3cccnc3)C3=C2CC(C)(C)CC3=O)cc1. The Hall–Kier alpha value is -3.21. The zero-order chi connectivity index (χ0) is 24.3. The molecule has 3 aliphatic rings. The maximum Gasteiger partial charge on any atom is 0.162 e. The quantitative estimate of drug-likeness (QED) is 0.569. The lowest BCUT2D eigenvalue weighted by molar-refractivity contribution is -0.119. The van der Waals surface area contributed by atoms with E-state index in [1.54, 1.807) is 13.3 Å². The Morgan fingerprint density at radius 2 is 1.41 bits per heavy atom. The molecule has 5 rings (SSSR count). The van der Waals surface area contributed by atoms with Crippen molar-refractivity contribution in [3.05, 3.63) is 76.9 Å². The van der Waals surface area contributed by atoms with Crippen molar-refractivity contribution < 1.29 is 14.3 Å². The number of ether oxygens (including phenoxy) is 1. The summed E-state index contributed by atoms with van der Waals surface area (Å²) in [7, 11) is 1.65. The van der Waals surface area contributed by atoms with Gasteiger partial charge in [-0.15, -0.1) is 0 Å². The summed E-state index contributed by atoms with van der Waals surface area (Å²) in [5, 5.41) is 0. The molecule has 5 nitrogen and oxygen atoms in total. The van der Waals surface area contributed by atoms with Crippen LogP contribution in [-0.4, -0.2) is 23.7 Å². The van der Waals surface area contributed by atoms with Gasteiger partial charge in [0.05, 0.1) is 7.11 Å². The molecule has 0 unspecified atom stereocenters. The van der Waals surface area contributed by atoms with E-state index >= 15 is 0 Å². The predicted molar refractivity (Wildman–Crippen MR) is 133 cm³/mol. The second-order valence-corrected chi connectivity index (χ2v) is 11.4. The van der Waals surface area contributed by atoms with E-state index in [2.05, 4.69) is 37.6 Å². The van der Waals surface area contributed by atoms with E-state index in [1.807, 2.05) is 42.6 Å². The van der Waals surface area contributed by atoms with Gasteiger partial charge in [0.1, 0.15) is 5.75 Å². The molecule has 0 saturated carbocycles. The highest BCUT2D eigenvalue weighted by atomic mass is 16.5. The third kappa shape index (κ3) is 3.77. The number of rotatable bonds is 3. The standard InChI is InChI=1S/C29H32N2O3/c1-28(2)13-21-26(23(32)15-28)25(18-7-6-12-30-17-18)27-22(14-29(3,4)16-24(27)33)31(21)19-8-10-20(34-5)11-9-19/h6-12,17,25H,13-16H2,1-5H3. The van der Waals surface area contributed by atoms with Crippen LogP contribution in [0.3, 0.4) is 0 Å².